The Morgan fingerprint density at radius 2 is 2.11 bits per heavy atom. The molecule has 100 valence electrons. The molecule has 19 heavy (non-hydrogen) atoms. The Morgan fingerprint density at radius 1 is 1.37 bits per heavy atom. The lowest BCUT2D eigenvalue weighted by molar-refractivity contribution is 0.181. The Kier molecular flexibility index (Phi) is 4.59. The van der Waals surface area contributed by atoms with Crippen LogP contribution in [0.1, 0.15) is 11.3 Å². The summed E-state index contributed by atoms with van der Waals surface area (Å²) in [7, 11) is 1.63. The van der Waals surface area contributed by atoms with Crippen LogP contribution in [0.2, 0.25) is 5.02 Å². The van der Waals surface area contributed by atoms with Crippen molar-refractivity contribution in [3.63, 3.8) is 0 Å². The predicted molar refractivity (Wildman–Crippen MR) is 85.1 cm³/mol. The minimum absolute atomic E-state index is 0.407. The van der Waals surface area contributed by atoms with Gasteiger partial charge in [0.15, 0.2) is 5.82 Å². The fraction of sp³-hybridized carbons (Fsp3) is 0.231. The fourth-order valence-corrected chi connectivity index (χ4v) is 2.37. The summed E-state index contributed by atoms with van der Waals surface area (Å²) in [5.41, 5.74) is 8.65. The average molecular weight is 390 g/mol. The monoisotopic (exact) mass is 389 g/mol. The van der Waals surface area contributed by atoms with Gasteiger partial charge < -0.3 is 10.5 Å². The molecule has 1 aromatic heterocycles. The van der Waals surface area contributed by atoms with Gasteiger partial charge in [-0.05, 0) is 53.3 Å². The highest BCUT2D eigenvalue weighted by molar-refractivity contribution is 14.1. The van der Waals surface area contributed by atoms with Crippen LogP contribution in [0.5, 0.6) is 0 Å². The van der Waals surface area contributed by atoms with Gasteiger partial charge in [0.25, 0.3) is 0 Å². The molecule has 0 amide bonds. The number of hydrogen-bond donors (Lipinski definition) is 1. The Hall–Kier alpha value is -0.920. The smallest absolute Gasteiger partial charge is 0.162 e. The topological polar surface area (TPSA) is 61.0 Å². The first-order valence-electron chi connectivity index (χ1n) is 5.60. The molecule has 4 nitrogen and oxygen atoms in total. The van der Waals surface area contributed by atoms with E-state index in [-0.39, 0.29) is 0 Å². The van der Waals surface area contributed by atoms with Crippen LogP contribution >= 0.6 is 34.2 Å². The largest absolute Gasteiger partial charge is 0.383 e. The predicted octanol–water partition coefficient (Wildman–Crippen LogP) is 3.44. The third-order valence-corrected chi connectivity index (χ3v) is 4.07. The molecule has 2 rings (SSSR count). The van der Waals surface area contributed by atoms with E-state index in [1.807, 2.05) is 25.1 Å². The zero-order valence-corrected chi connectivity index (χ0v) is 13.5. The van der Waals surface area contributed by atoms with Crippen LogP contribution < -0.4 is 5.73 Å². The maximum atomic E-state index is 5.96. The number of benzene rings is 1. The molecule has 0 aliphatic rings. The van der Waals surface area contributed by atoms with Crippen molar-refractivity contribution in [1.82, 2.24) is 9.97 Å². The summed E-state index contributed by atoms with van der Waals surface area (Å²) in [6.07, 6.45) is 0. The molecular formula is C13H13ClIN3O. The van der Waals surface area contributed by atoms with Gasteiger partial charge >= 0.3 is 0 Å². The Bertz CT molecular complexity index is 619. The molecule has 0 unspecified atom stereocenters. The number of aryl methyl sites for hydroxylation is 1. The third-order valence-electron chi connectivity index (χ3n) is 2.66. The van der Waals surface area contributed by atoms with Crippen LogP contribution in [0.3, 0.4) is 0 Å². The number of anilines is 1. The second-order valence-electron chi connectivity index (χ2n) is 4.09. The molecule has 2 aromatic rings. The standard InChI is InChI=1S/C13H13ClIN3O/c1-7-5-8(14)3-4-9(7)13-17-10(6-19-2)11(15)12(16)18-13/h3-5H,6H2,1-2H3,(H2,16,17,18). The van der Waals surface area contributed by atoms with Crippen molar-refractivity contribution in [3.05, 3.63) is 38.0 Å². The fourth-order valence-electron chi connectivity index (χ4n) is 1.74. The van der Waals surface area contributed by atoms with Crippen LogP contribution in [0, 0.1) is 10.5 Å². The molecular weight excluding hydrogens is 377 g/mol. The zero-order valence-electron chi connectivity index (χ0n) is 10.6. The van der Waals surface area contributed by atoms with Gasteiger partial charge in [0.05, 0.1) is 15.9 Å². The summed E-state index contributed by atoms with van der Waals surface area (Å²) in [6, 6.07) is 5.59. The molecule has 6 heteroatoms. The van der Waals surface area contributed by atoms with E-state index in [0.717, 1.165) is 20.4 Å². The van der Waals surface area contributed by atoms with Gasteiger partial charge in [0, 0.05) is 17.7 Å². The van der Waals surface area contributed by atoms with E-state index in [9.17, 15) is 0 Å². The first-order chi connectivity index (χ1) is 9.02. The van der Waals surface area contributed by atoms with Crippen molar-refractivity contribution in [3.8, 4) is 11.4 Å². The normalized spacial score (nSPS) is 10.7. The van der Waals surface area contributed by atoms with Gasteiger partial charge in [-0.3, -0.25) is 0 Å². The summed E-state index contributed by atoms with van der Waals surface area (Å²) in [4.78, 5) is 8.85. The molecule has 0 radical (unpaired) electrons. The summed E-state index contributed by atoms with van der Waals surface area (Å²) in [5.74, 6) is 1.06. The van der Waals surface area contributed by atoms with Crippen molar-refractivity contribution >= 4 is 40.0 Å². The van der Waals surface area contributed by atoms with Crippen molar-refractivity contribution in [2.45, 2.75) is 13.5 Å². The van der Waals surface area contributed by atoms with Gasteiger partial charge in [-0.15, -0.1) is 0 Å². The summed E-state index contributed by atoms with van der Waals surface area (Å²) in [6.45, 7) is 2.37. The highest BCUT2D eigenvalue weighted by Gasteiger charge is 2.13. The zero-order chi connectivity index (χ0) is 14.0. The number of hydrogen-bond acceptors (Lipinski definition) is 4. The van der Waals surface area contributed by atoms with Gasteiger partial charge in [0.1, 0.15) is 5.82 Å². The summed E-state index contributed by atoms with van der Waals surface area (Å²) in [5, 5.41) is 0.692. The lowest BCUT2D eigenvalue weighted by Crippen LogP contribution is -2.06. The van der Waals surface area contributed by atoms with E-state index in [4.69, 9.17) is 22.1 Å². The average Bonchev–Trinajstić information content (AvgIpc) is 2.35. The maximum Gasteiger partial charge on any atom is 0.162 e. The minimum atomic E-state index is 0.407. The molecule has 0 aliphatic carbocycles. The van der Waals surface area contributed by atoms with Crippen LogP contribution in [0.15, 0.2) is 18.2 Å². The highest BCUT2D eigenvalue weighted by atomic mass is 127. The highest BCUT2D eigenvalue weighted by Crippen LogP contribution is 2.26. The third kappa shape index (κ3) is 3.16. The van der Waals surface area contributed by atoms with Crippen LogP contribution in [-0.4, -0.2) is 17.1 Å². The maximum absolute atomic E-state index is 5.96. The first-order valence-corrected chi connectivity index (χ1v) is 7.06. The molecule has 0 bridgehead atoms. The lowest BCUT2D eigenvalue weighted by atomic mass is 10.1. The number of ether oxygens (including phenoxy) is 1. The van der Waals surface area contributed by atoms with E-state index >= 15 is 0 Å². The van der Waals surface area contributed by atoms with Gasteiger partial charge in [-0.2, -0.15) is 0 Å². The van der Waals surface area contributed by atoms with Gasteiger partial charge in [-0.1, -0.05) is 11.6 Å². The quantitative estimate of drug-likeness (QED) is 0.817. The number of nitrogens with two attached hydrogens (primary N) is 1. The number of nitrogens with zero attached hydrogens (tertiary/aromatic N) is 2. The van der Waals surface area contributed by atoms with E-state index in [1.165, 1.54) is 0 Å². The molecule has 0 aliphatic heterocycles. The minimum Gasteiger partial charge on any atom is -0.383 e. The molecule has 1 heterocycles. The SMILES string of the molecule is COCc1nc(-c2ccc(Cl)cc2C)nc(N)c1I. The lowest BCUT2D eigenvalue weighted by Gasteiger charge is -2.10. The molecule has 0 saturated carbocycles. The number of nitrogen functional groups attached to an aromatic ring is 1. The Labute approximate surface area is 130 Å². The van der Waals surface area contributed by atoms with Crippen LogP contribution in [0.4, 0.5) is 5.82 Å². The van der Waals surface area contributed by atoms with E-state index in [0.29, 0.717) is 23.3 Å². The number of halogens is 2. The second-order valence-corrected chi connectivity index (χ2v) is 5.60. The molecule has 1 aromatic carbocycles. The first kappa shape index (κ1) is 14.5. The van der Waals surface area contributed by atoms with Crippen molar-refractivity contribution in [1.29, 1.82) is 0 Å². The molecule has 0 atom stereocenters. The number of methoxy groups -OCH3 is 1. The molecule has 0 spiro atoms. The molecule has 0 fully saturated rings. The summed E-state index contributed by atoms with van der Waals surface area (Å²) < 4.78 is 5.96. The molecule has 0 saturated heterocycles. The number of aromatic nitrogens is 2. The van der Waals surface area contributed by atoms with Gasteiger partial charge in [-0.25, -0.2) is 9.97 Å². The van der Waals surface area contributed by atoms with Crippen molar-refractivity contribution < 1.29 is 4.74 Å². The Morgan fingerprint density at radius 3 is 2.74 bits per heavy atom. The Balaban J connectivity index is 2.56. The van der Waals surface area contributed by atoms with E-state index < -0.39 is 0 Å². The van der Waals surface area contributed by atoms with E-state index in [1.54, 1.807) is 7.11 Å². The number of rotatable bonds is 3. The van der Waals surface area contributed by atoms with Crippen LogP contribution in [0.25, 0.3) is 11.4 Å². The summed E-state index contributed by atoms with van der Waals surface area (Å²) >= 11 is 8.08. The van der Waals surface area contributed by atoms with Gasteiger partial charge in [0.2, 0.25) is 0 Å². The van der Waals surface area contributed by atoms with E-state index in [2.05, 4.69) is 32.6 Å². The molecule has 2 N–H and O–H groups in total. The van der Waals surface area contributed by atoms with Crippen molar-refractivity contribution in [2.24, 2.45) is 0 Å². The van der Waals surface area contributed by atoms with Crippen LogP contribution in [-0.2, 0) is 11.3 Å². The second kappa shape index (κ2) is 6.02. The van der Waals surface area contributed by atoms with Crippen molar-refractivity contribution in [2.75, 3.05) is 12.8 Å².